The molecule has 2 heteroatoms. The second-order valence-corrected chi connectivity index (χ2v) is 4.31. The van der Waals surface area contributed by atoms with Crippen LogP contribution in [-0.2, 0) is 18.4 Å². The number of nitrogens with zero attached hydrogens (tertiary/aromatic N) is 1. The van der Waals surface area contributed by atoms with Gasteiger partial charge in [-0.3, -0.25) is 4.98 Å². The van der Waals surface area contributed by atoms with Gasteiger partial charge in [-0.15, -0.1) is 0 Å². The number of rotatable bonds is 1. The van der Waals surface area contributed by atoms with E-state index >= 15 is 0 Å². The van der Waals surface area contributed by atoms with Gasteiger partial charge in [0.05, 0.1) is 11.2 Å². The molecule has 2 aliphatic carbocycles. The third kappa shape index (κ3) is 1.09. The number of aryl methyl sites for hydroxylation is 2. The Kier molecular flexibility index (Phi) is 1.34. The Morgan fingerprint density at radius 2 is 2.08 bits per heavy atom. The lowest BCUT2D eigenvalue weighted by Gasteiger charge is -2.09. The number of pyridine rings is 1. The zero-order chi connectivity index (χ0) is 8.89. The van der Waals surface area contributed by atoms with Crippen LogP contribution in [0.5, 0.6) is 0 Å². The van der Waals surface area contributed by atoms with Gasteiger partial charge >= 0.3 is 0 Å². The molecule has 0 unspecified atom stereocenters. The zero-order valence-electron chi connectivity index (χ0n) is 7.71. The Morgan fingerprint density at radius 1 is 1.23 bits per heavy atom. The van der Waals surface area contributed by atoms with Gasteiger partial charge in [0, 0.05) is 5.69 Å². The molecule has 13 heavy (non-hydrogen) atoms. The van der Waals surface area contributed by atoms with Crippen LogP contribution in [0.1, 0.15) is 36.2 Å². The summed E-state index contributed by atoms with van der Waals surface area (Å²) < 4.78 is 0. The van der Waals surface area contributed by atoms with Gasteiger partial charge in [0.25, 0.3) is 0 Å². The fraction of sp³-hybridized carbons (Fsp3) is 0.545. The molecular weight excluding hydrogens is 160 g/mol. The van der Waals surface area contributed by atoms with E-state index in [1.807, 2.05) is 0 Å². The van der Waals surface area contributed by atoms with E-state index in [1.54, 1.807) is 0 Å². The molecule has 3 rings (SSSR count). The van der Waals surface area contributed by atoms with Crippen LogP contribution in [0.2, 0.25) is 0 Å². The molecule has 0 radical (unpaired) electrons. The van der Waals surface area contributed by atoms with Gasteiger partial charge in [0.15, 0.2) is 0 Å². The molecule has 2 N–H and O–H groups in total. The van der Waals surface area contributed by atoms with Crippen molar-refractivity contribution in [3.8, 4) is 0 Å². The monoisotopic (exact) mass is 174 g/mol. The van der Waals surface area contributed by atoms with E-state index in [4.69, 9.17) is 5.73 Å². The molecule has 1 saturated carbocycles. The van der Waals surface area contributed by atoms with Crippen molar-refractivity contribution in [1.82, 2.24) is 4.98 Å². The van der Waals surface area contributed by atoms with Crippen molar-refractivity contribution in [2.45, 2.75) is 37.6 Å². The van der Waals surface area contributed by atoms with Crippen LogP contribution in [0.3, 0.4) is 0 Å². The quantitative estimate of drug-likeness (QED) is 0.701. The smallest absolute Gasteiger partial charge is 0.0605 e. The lowest BCUT2D eigenvalue weighted by molar-refractivity contribution is 0.701. The first-order chi connectivity index (χ1) is 6.28. The van der Waals surface area contributed by atoms with Crippen LogP contribution in [-0.4, -0.2) is 4.98 Å². The minimum Gasteiger partial charge on any atom is -0.320 e. The second kappa shape index (κ2) is 2.32. The van der Waals surface area contributed by atoms with E-state index in [0.717, 1.165) is 25.0 Å². The molecule has 68 valence electrons. The van der Waals surface area contributed by atoms with Crippen molar-refractivity contribution in [1.29, 1.82) is 0 Å². The van der Waals surface area contributed by atoms with E-state index < -0.39 is 0 Å². The Morgan fingerprint density at radius 3 is 2.85 bits per heavy atom. The topological polar surface area (TPSA) is 38.9 Å². The summed E-state index contributed by atoms with van der Waals surface area (Å²) in [5.74, 6) is 0. The van der Waals surface area contributed by atoms with Gasteiger partial charge < -0.3 is 5.73 Å². The SMILES string of the molecule is NC1(c2ccc3c(n2)CCC3)CC1. The minimum absolute atomic E-state index is 0.0579. The van der Waals surface area contributed by atoms with Crippen LogP contribution in [0.25, 0.3) is 0 Å². The molecule has 0 aromatic carbocycles. The maximum absolute atomic E-state index is 6.10. The van der Waals surface area contributed by atoms with E-state index in [-0.39, 0.29) is 5.54 Å². The summed E-state index contributed by atoms with van der Waals surface area (Å²) in [6.45, 7) is 0. The second-order valence-electron chi connectivity index (χ2n) is 4.31. The normalized spacial score (nSPS) is 22.8. The van der Waals surface area contributed by atoms with Crippen LogP contribution < -0.4 is 5.73 Å². The molecule has 1 heterocycles. The fourth-order valence-corrected chi connectivity index (χ4v) is 2.09. The van der Waals surface area contributed by atoms with Gasteiger partial charge in [0.2, 0.25) is 0 Å². The first-order valence-corrected chi connectivity index (χ1v) is 5.06. The zero-order valence-corrected chi connectivity index (χ0v) is 7.71. The number of hydrogen-bond donors (Lipinski definition) is 1. The highest BCUT2D eigenvalue weighted by Crippen LogP contribution is 2.42. The third-order valence-electron chi connectivity index (χ3n) is 3.23. The molecule has 1 aromatic heterocycles. The first kappa shape index (κ1) is 7.51. The predicted molar refractivity (Wildman–Crippen MR) is 51.4 cm³/mol. The van der Waals surface area contributed by atoms with Crippen molar-refractivity contribution in [2.75, 3.05) is 0 Å². The molecule has 0 saturated heterocycles. The number of aromatic nitrogens is 1. The summed E-state index contributed by atoms with van der Waals surface area (Å²) >= 11 is 0. The van der Waals surface area contributed by atoms with Gasteiger partial charge in [0.1, 0.15) is 0 Å². The van der Waals surface area contributed by atoms with E-state index in [2.05, 4.69) is 17.1 Å². The average Bonchev–Trinajstić information content (AvgIpc) is 2.74. The van der Waals surface area contributed by atoms with Crippen LogP contribution in [0.15, 0.2) is 12.1 Å². The van der Waals surface area contributed by atoms with Gasteiger partial charge in [-0.2, -0.15) is 0 Å². The van der Waals surface area contributed by atoms with E-state index in [1.165, 1.54) is 24.1 Å². The maximum atomic E-state index is 6.10. The highest BCUT2D eigenvalue weighted by molar-refractivity contribution is 5.31. The Hall–Kier alpha value is -0.890. The molecule has 0 amide bonds. The lowest BCUT2D eigenvalue weighted by atomic mass is 10.1. The highest BCUT2D eigenvalue weighted by atomic mass is 14.9. The summed E-state index contributed by atoms with van der Waals surface area (Å²) in [5.41, 5.74) is 9.90. The van der Waals surface area contributed by atoms with Crippen molar-refractivity contribution in [3.63, 3.8) is 0 Å². The van der Waals surface area contributed by atoms with Gasteiger partial charge in [-0.1, -0.05) is 6.07 Å². The van der Waals surface area contributed by atoms with Gasteiger partial charge in [-0.25, -0.2) is 0 Å². The summed E-state index contributed by atoms with van der Waals surface area (Å²) in [6, 6.07) is 4.34. The Balaban J connectivity index is 2.05. The average molecular weight is 174 g/mol. The van der Waals surface area contributed by atoms with Crippen LogP contribution in [0, 0.1) is 0 Å². The largest absolute Gasteiger partial charge is 0.320 e. The molecule has 2 aliphatic rings. The summed E-state index contributed by atoms with van der Waals surface area (Å²) in [7, 11) is 0. The highest BCUT2D eigenvalue weighted by Gasteiger charge is 2.41. The maximum Gasteiger partial charge on any atom is 0.0605 e. The predicted octanol–water partition coefficient (Wildman–Crippen LogP) is 1.52. The molecule has 0 atom stereocenters. The van der Waals surface area contributed by atoms with Crippen molar-refractivity contribution < 1.29 is 0 Å². The summed E-state index contributed by atoms with van der Waals surface area (Å²) in [6.07, 6.45) is 5.85. The van der Waals surface area contributed by atoms with Crippen molar-refractivity contribution in [2.24, 2.45) is 5.73 Å². The van der Waals surface area contributed by atoms with E-state index in [9.17, 15) is 0 Å². The third-order valence-corrected chi connectivity index (χ3v) is 3.23. The molecule has 1 aromatic rings. The number of hydrogen-bond acceptors (Lipinski definition) is 2. The Bertz CT molecular complexity index is 353. The van der Waals surface area contributed by atoms with E-state index in [0.29, 0.717) is 0 Å². The van der Waals surface area contributed by atoms with Crippen molar-refractivity contribution >= 4 is 0 Å². The lowest BCUT2D eigenvalue weighted by Crippen LogP contribution is -2.20. The van der Waals surface area contributed by atoms with Crippen molar-refractivity contribution in [3.05, 3.63) is 29.1 Å². The molecule has 0 bridgehead atoms. The molecular formula is C11H14N2. The molecule has 0 aliphatic heterocycles. The molecule has 2 nitrogen and oxygen atoms in total. The summed E-state index contributed by atoms with van der Waals surface area (Å²) in [5, 5.41) is 0. The minimum atomic E-state index is -0.0579. The van der Waals surface area contributed by atoms with Crippen LogP contribution in [0.4, 0.5) is 0 Å². The standard InChI is InChI=1S/C11H14N2/c12-11(6-7-11)10-5-4-8-2-1-3-9(8)13-10/h4-5H,1-3,6-7,12H2. The first-order valence-electron chi connectivity index (χ1n) is 5.06. The summed E-state index contributed by atoms with van der Waals surface area (Å²) in [4.78, 5) is 4.66. The number of fused-ring (bicyclic) bond motifs is 1. The van der Waals surface area contributed by atoms with Crippen LogP contribution >= 0.6 is 0 Å². The molecule has 0 spiro atoms. The van der Waals surface area contributed by atoms with Gasteiger partial charge in [-0.05, 0) is 43.7 Å². The number of nitrogens with two attached hydrogens (primary N) is 1. The molecule has 1 fully saturated rings. The fourth-order valence-electron chi connectivity index (χ4n) is 2.09. The Labute approximate surface area is 78.2 Å².